The van der Waals surface area contributed by atoms with Crippen LogP contribution in [0.4, 0.5) is 0 Å². The Morgan fingerprint density at radius 1 is 0.833 bits per heavy atom. The normalized spacial score (nSPS) is 11.3. The molecule has 0 atom stereocenters. The fraction of sp³-hybridized carbons (Fsp3) is 0. The van der Waals surface area contributed by atoms with E-state index >= 15 is 0 Å². The summed E-state index contributed by atoms with van der Waals surface area (Å²) in [5, 5.41) is 9.33. The van der Waals surface area contributed by atoms with Crippen LogP contribution < -0.4 is 0 Å². The van der Waals surface area contributed by atoms with Crippen LogP contribution in [0.1, 0.15) is 0 Å². The fourth-order valence-corrected chi connectivity index (χ4v) is 3.55. The maximum Gasteiger partial charge on any atom is 0.182 e. The maximum atomic E-state index is 4.80. The van der Waals surface area contributed by atoms with Crippen LogP contribution in [0.3, 0.4) is 0 Å². The minimum atomic E-state index is 0.709. The highest BCUT2D eigenvalue weighted by Gasteiger charge is 2.15. The van der Waals surface area contributed by atoms with Crippen molar-refractivity contribution in [2.75, 3.05) is 0 Å². The standard InChI is InChI=1S/C10H4N4O2S2/c1-3-15-13-5(1)8-11-7-10(17-8)18-9(12-7)6-2-4-16-14-6/h1-4H. The Bertz CT molecular complexity index is 690. The largest absolute Gasteiger partial charge is 0.364 e. The number of rotatable bonds is 2. The van der Waals surface area contributed by atoms with Crippen molar-refractivity contribution in [3.63, 3.8) is 0 Å². The predicted molar refractivity (Wildman–Crippen MR) is 66.3 cm³/mol. The lowest BCUT2D eigenvalue weighted by molar-refractivity contribution is 0.422. The average molecular weight is 276 g/mol. The van der Waals surface area contributed by atoms with Gasteiger partial charge in [-0.15, -0.1) is 0 Å². The van der Waals surface area contributed by atoms with Gasteiger partial charge < -0.3 is 9.05 Å². The van der Waals surface area contributed by atoms with E-state index in [4.69, 9.17) is 9.05 Å². The van der Waals surface area contributed by atoms with Crippen molar-refractivity contribution >= 4 is 32.3 Å². The van der Waals surface area contributed by atoms with Crippen LogP contribution >= 0.6 is 22.7 Å². The molecule has 88 valence electrons. The minimum absolute atomic E-state index is 0.709. The zero-order valence-corrected chi connectivity index (χ0v) is 10.4. The zero-order valence-electron chi connectivity index (χ0n) is 8.73. The van der Waals surface area contributed by atoms with Gasteiger partial charge in [-0.3, -0.25) is 0 Å². The lowest BCUT2D eigenvalue weighted by Crippen LogP contribution is -1.77. The lowest BCUT2D eigenvalue weighted by atomic mass is 10.4. The number of aromatic nitrogens is 4. The molecule has 0 aliphatic rings. The molecule has 0 unspecified atom stereocenters. The molecule has 4 aromatic rings. The van der Waals surface area contributed by atoms with Crippen LogP contribution in [-0.4, -0.2) is 20.3 Å². The number of thiazole rings is 2. The molecule has 4 rings (SSSR count). The van der Waals surface area contributed by atoms with Gasteiger partial charge in [0.1, 0.15) is 37.9 Å². The number of fused-ring (bicyclic) bond motifs is 1. The molecule has 6 nitrogen and oxygen atoms in total. The molecule has 0 bridgehead atoms. The summed E-state index contributed by atoms with van der Waals surface area (Å²) in [6, 6.07) is 3.56. The van der Waals surface area contributed by atoms with Crippen molar-refractivity contribution in [1.82, 2.24) is 20.3 Å². The molecule has 0 saturated heterocycles. The van der Waals surface area contributed by atoms with Gasteiger partial charge in [0.05, 0.1) is 0 Å². The smallest absolute Gasteiger partial charge is 0.182 e. The Balaban J connectivity index is 1.82. The SMILES string of the molecule is c1cc(-c2nc3nc(-c4ccon4)sc3s2)no1. The summed E-state index contributed by atoms with van der Waals surface area (Å²) in [6.07, 6.45) is 3.05. The Labute approximate surface area is 108 Å². The Kier molecular flexibility index (Phi) is 2.05. The van der Waals surface area contributed by atoms with E-state index in [-0.39, 0.29) is 0 Å². The highest BCUT2D eigenvalue weighted by molar-refractivity contribution is 7.40. The highest BCUT2D eigenvalue weighted by atomic mass is 32.2. The van der Waals surface area contributed by atoms with Gasteiger partial charge in [-0.25, -0.2) is 9.97 Å². The summed E-state index contributed by atoms with van der Waals surface area (Å²) in [6.45, 7) is 0. The molecule has 8 heteroatoms. The summed E-state index contributed by atoms with van der Waals surface area (Å²) in [5.74, 6) is 0. The summed E-state index contributed by atoms with van der Waals surface area (Å²) < 4.78 is 10.6. The van der Waals surface area contributed by atoms with Gasteiger partial charge in [-0.2, -0.15) is 0 Å². The quantitative estimate of drug-likeness (QED) is 0.560. The summed E-state index contributed by atoms with van der Waals surface area (Å²) in [7, 11) is 0. The summed E-state index contributed by atoms with van der Waals surface area (Å²) in [4.78, 5) is 8.85. The number of nitrogens with zero attached hydrogens (tertiary/aromatic N) is 4. The third kappa shape index (κ3) is 1.46. The zero-order chi connectivity index (χ0) is 11.9. The fourth-order valence-electron chi connectivity index (χ4n) is 1.51. The molecule has 4 heterocycles. The van der Waals surface area contributed by atoms with Crippen LogP contribution in [0, 0.1) is 0 Å². The van der Waals surface area contributed by atoms with Crippen LogP contribution in [0.5, 0.6) is 0 Å². The minimum Gasteiger partial charge on any atom is -0.364 e. The van der Waals surface area contributed by atoms with Crippen molar-refractivity contribution in [2.45, 2.75) is 0 Å². The first kappa shape index (κ1) is 9.92. The molecule has 0 spiro atoms. The van der Waals surface area contributed by atoms with Crippen LogP contribution in [0.2, 0.25) is 0 Å². The molecule has 18 heavy (non-hydrogen) atoms. The third-order valence-electron chi connectivity index (χ3n) is 2.29. The molecule has 0 N–H and O–H groups in total. The molecule has 0 radical (unpaired) electrons. The number of hydrogen-bond acceptors (Lipinski definition) is 8. The van der Waals surface area contributed by atoms with Crippen LogP contribution in [0.25, 0.3) is 31.1 Å². The molecule has 0 fully saturated rings. The molecule has 4 aromatic heterocycles. The Morgan fingerprint density at radius 2 is 1.39 bits per heavy atom. The van der Waals surface area contributed by atoms with E-state index in [9.17, 15) is 0 Å². The first-order valence-corrected chi connectivity index (χ1v) is 6.62. The van der Waals surface area contributed by atoms with Gasteiger partial charge in [0.25, 0.3) is 0 Å². The molecule has 0 aliphatic carbocycles. The van der Waals surface area contributed by atoms with E-state index in [1.54, 1.807) is 12.1 Å². The van der Waals surface area contributed by atoms with Crippen molar-refractivity contribution in [3.8, 4) is 21.4 Å². The molecule has 0 saturated carbocycles. The van der Waals surface area contributed by atoms with Gasteiger partial charge in [0.2, 0.25) is 0 Å². The van der Waals surface area contributed by atoms with Crippen LogP contribution in [-0.2, 0) is 0 Å². The average Bonchev–Trinajstić information content (AvgIpc) is 3.13. The van der Waals surface area contributed by atoms with E-state index < -0.39 is 0 Å². The van der Waals surface area contributed by atoms with E-state index in [1.165, 1.54) is 35.2 Å². The van der Waals surface area contributed by atoms with Crippen LogP contribution in [0.15, 0.2) is 33.7 Å². The van der Waals surface area contributed by atoms with Gasteiger partial charge in [0.15, 0.2) is 5.65 Å². The van der Waals surface area contributed by atoms with E-state index in [2.05, 4.69) is 20.3 Å². The van der Waals surface area contributed by atoms with Crippen molar-refractivity contribution < 1.29 is 9.05 Å². The lowest BCUT2D eigenvalue weighted by Gasteiger charge is -1.84. The number of hydrogen-bond donors (Lipinski definition) is 0. The Morgan fingerprint density at radius 3 is 1.78 bits per heavy atom. The highest BCUT2D eigenvalue weighted by Crippen LogP contribution is 2.36. The van der Waals surface area contributed by atoms with E-state index in [1.807, 2.05) is 0 Å². The van der Waals surface area contributed by atoms with Gasteiger partial charge in [0, 0.05) is 12.1 Å². The predicted octanol–water partition coefficient (Wildman–Crippen LogP) is 3.06. The maximum absolute atomic E-state index is 4.80. The molecular weight excluding hydrogens is 272 g/mol. The molecular formula is C10H4N4O2S2. The van der Waals surface area contributed by atoms with Gasteiger partial charge >= 0.3 is 0 Å². The second-order valence-corrected chi connectivity index (χ2v) is 5.68. The van der Waals surface area contributed by atoms with Crippen molar-refractivity contribution in [1.29, 1.82) is 0 Å². The molecule has 0 amide bonds. The van der Waals surface area contributed by atoms with Gasteiger partial charge in [-0.05, 0) is 0 Å². The first-order chi connectivity index (χ1) is 8.90. The van der Waals surface area contributed by atoms with Crippen molar-refractivity contribution in [3.05, 3.63) is 24.7 Å². The topological polar surface area (TPSA) is 77.8 Å². The van der Waals surface area contributed by atoms with E-state index in [0.717, 1.165) is 25.4 Å². The second kappa shape index (κ2) is 3.72. The van der Waals surface area contributed by atoms with E-state index in [0.29, 0.717) is 5.65 Å². The Hall–Kier alpha value is -2.06. The summed E-state index contributed by atoms with van der Waals surface area (Å²) >= 11 is 3.07. The van der Waals surface area contributed by atoms with Crippen molar-refractivity contribution in [2.24, 2.45) is 0 Å². The van der Waals surface area contributed by atoms with Gasteiger partial charge in [-0.1, -0.05) is 33.0 Å². The molecule has 0 aliphatic heterocycles. The first-order valence-electron chi connectivity index (χ1n) is 4.99. The monoisotopic (exact) mass is 276 g/mol. The summed E-state index contributed by atoms with van der Waals surface area (Å²) in [5.41, 5.74) is 2.17. The third-order valence-corrected chi connectivity index (χ3v) is 4.51. The second-order valence-electron chi connectivity index (χ2n) is 3.42. The molecule has 0 aromatic carbocycles.